The molecule has 0 spiro atoms. The molecule has 0 aliphatic heterocycles. The summed E-state index contributed by atoms with van der Waals surface area (Å²) in [5.41, 5.74) is 4.30. The van der Waals surface area contributed by atoms with Crippen molar-refractivity contribution in [3.63, 3.8) is 0 Å². The number of hydrazone groups is 1. The monoisotopic (exact) mass is 394 g/mol. The van der Waals surface area contributed by atoms with Crippen molar-refractivity contribution >= 4 is 17.7 Å². The second kappa shape index (κ2) is 12.4. The molecule has 5 heteroatoms. The molecule has 2 aromatic carbocycles. The molecular weight excluding hydrogens is 364 g/mol. The molecule has 0 saturated carbocycles. The van der Waals surface area contributed by atoms with Crippen molar-refractivity contribution in [2.75, 3.05) is 6.61 Å². The highest BCUT2D eigenvalue weighted by Crippen LogP contribution is 2.19. The third-order valence-electron chi connectivity index (χ3n) is 4.18. The van der Waals surface area contributed by atoms with E-state index in [1.807, 2.05) is 61.5 Å². The van der Waals surface area contributed by atoms with Gasteiger partial charge in [-0.05, 0) is 56.2 Å². The summed E-state index contributed by atoms with van der Waals surface area (Å²) in [4.78, 5) is 12.2. The molecule has 29 heavy (non-hydrogen) atoms. The maximum Gasteiger partial charge on any atom is 0.280 e. The molecule has 1 amide bonds. The number of nitrogens with zero attached hydrogens (tertiary/aromatic N) is 1. The topological polar surface area (TPSA) is 59.9 Å². The van der Waals surface area contributed by atoms with Crippen LogP contribution in [-0.2, 0) is 4.79 Å². The van der Waals surface area contributed by atoms with Crippen LogP contribution in [-0.4, -0.2) is 24.3 Å². The Morgan fingerprint density at radius 3 is 2.45 bits per heavy atom. The van der Waals surface area contributed by atoms with Crippen molar-refractivity contribution in [2.45, 2.75) is 46.1 Å². The van der Waals surface area contributed by atoms with E-state index in [-0.39, 0.29) is 5.91 Å². The molecule has 0 aliphatic rings. The molecule has 1 atom stereocenters. The number of benzene rings is 2. The lowest BCUT2D eigenvalue weighted by Crippen LogP contribution is -2.33. The van der Waals surface area contributed by atoms with Gasteiger partial charge in [-0.25, -0.2) is 5.43 Å². The first-order valence-corrected chi connectivity index (χ1v) is 10.0. The number of rotatable bonds is 11. The molecule has 2 aromatic rings. The molecule has 0 saturated heterocycles. The fraction of sp³-hybridized carbons (Fsp3) is 0.333. The fourth-order valence-corrected chi connectivity index (χ4v) is 2.47. The van der Waals surface area contributed by atoms with E-state index in [0.29, 0.717) is 18.1 Å². The van der Waals surface area contributed by atoms with Crippen molar-refractivity contribution in [1.29, 1.82) is 0 Å². The molecule has 2 rings (SSSR count). The lowest BCUT2D eigenvalue weighted by molar-refractivity contribution is -0.127. The van der Waals surface area contributed by atoms with Crippen LogP contribution < -0.4 is 14.9 Å². The number of carbonyl (C=O) groups excluding carboxylic acids is 1. The van der Waals surface area contributed by atoms with Crippen LogP contribution in [0.5, 0.6) is 11.5 Å². The summed E-state index contributed by atoms with van der Waals surface area (Å²) in [5.74, 6) is 1.10. The average molecular weight is 395 g/mol. The molecule has 0 heterocycles. The van der Waals surface area contributed by atoms with Crippen LogP contribution >= 0.6 is 0 Å². The van der Waals surface area contributed by atoms with Gasteiger partial charge in [0.1, 0.15) is 11.5 Å². The van der Waals surface area contributed by atoms with E-state index in [4.69, 9.17) is 9.47 Å². The number of amides is 1. The Bertz CT molecular complexity index is 799. The summed E-state index contributed by atoms with van der Waals surface area (Å²) in [6.45, 7) is 6.39. The van der Waals surface area contributed by atoms with Crippen molar-refractivity contribution in [3.8, 4) is 11.5 Å². The Kier molecular flexibility index (Phi) is 9.49. The normalized spacial score (nSPS) is 12.6. The second-order valence-electron chi connectivity index (χ2n) is 6.76. The van der Waals surface area contributed by atoms with Crippen LogP contribution in [0.3, 0.4) is 0 Å². The van der Waals surface area contributed by atoms with Crippen LogP contribution in [0.25, 0.3) is 6.08 Å². The van der Waals surface area contributed by atoms with Crippen molar-refractivity contribution in [1.82, 2.24) is 5.43 Å². The zero-order valence-electron chi connectivity index (χ0n) is 17.4. The van der Waals surface area contributed by atoms with Crippen molar-refractivity contribution < 1.29 is 14.3 Å². The van der Waals surface area contributed by atoms with Crippen molar-refractivity contribution in [2.24, 2.45) is 5.10 Å². The van der Waals surface area contributed by atoms with Gasteiger partial charge in [-0.2, -0.15) is 5.10 Å². The summed E-state index contributed by atoms with van der Waals surface area (Å²) < 4.78 is 11.4. The Balaban J connectivity index is 1.78. The second-order valence-corrected chi connectivity index (χ2v) is 6.76. The molecule has 154 valence electrons. The smallest absolute Gasteiger partial charge is 0.280 e. The number of carbonyl (C=O) groups is 1. The fourth-order valence-electron chi connectivity index (χ4n) is 2.47. The molecule has 0 bridgehead atoms. The summed E-state index contributed by atoms with van der Waals surface area (Å²) >= 11 is 0. The van der Waals surface area contributed by atoms with Gasteiger partial charge in [-0.15, -0.1) is 0 Å². The van der Waals surface area contributed by atoms with Gasteiger partial charge in [0.25, 0.3) is 5.91 Å². The van der Waals surface area contributed by atoms with Crippen LogP contribution in [0.1, 0.15) is 45.6 Å². The van der Waals surface area contributed by atoms with Gasteiger partial charge < -0.3 is 9.47 Å². The minimum atomic E-state index is -0.666. The quantitative estimate of drug-likeness (QED) is 0.323. The van der Waals surface area contributed by atoms with Gasteiger partial charge in [0.15, 0.2) is 6.10 Å². The predicted octanol–water partition coefficient (Wildman–Crippen LogP) is 5.23. The average Bonchev–Trinajstić information content (AvgIpc) is 2.75. The largest absolute Gasteiger partial charge is 0.494 e. The van der Waals surface area contributed by atoms with Gasteiger partial charge in [0.2, 0.25) is 0 Å². The maximum absolute atomic E-state index is 12.2. The first-order valence-electron chi connectivity index (χ1n) is 10.0. The zero-order valence-corrected chi connectivity index (χ0v) is 17.4. The van der Waals surface area contributed by atoms with Crippen LogP contribution in [0.4, 0.5) is 0 Å². The maximum atomic E-state index is 12.2. The first kappa shape index (κ1) is 22.2. The van der Waals surface area contributed by atoms with Crippen LogP contribution in [0, 0.1) is 0 Å². The molecule has 0 unspecified atom stereocenters. The summed E-state index contributed by atoms with van der Waals surface area (Å²) in [7, 11) is 0. The van der Waals surface area contributed by atoms with Crippen LogP contribution in [0.15, 0.2) is 65.8 Å². The molecule has 1 N–H and O–H groups in total. The number of allylic oxidation sites excluding steroid dienone is 1. The molecule has 5 nitrogen and oxygen atoms in total. The van der Waals surface area contributed by atoms with E-state index in [9.17, 15) is 4.79 Å². The predicted molar refractivity (Wildman–Crippen MR) is 118 cm³/mol. The van der Waals surface area contributed by atoms with E-state index in [0.717, 1.165) is 24.2 Å². The molecule has 0 fully saturated rings. The Morgan fingerprint density at radius 2 is 1.76 bits per heavy atom. The number of hydrogen-bond acceptors (Lipinski definition) is 4. The molecular formula is C24H30N2O3. The SMILES string of the molecule is CCCCCOc1ccc(O[C@H](C)C(=O)N/N=C(C)\C=C\c2ccccc2)cc1. The van der Waals surface area contributed by atoms with E-state index in [1.54, 1.807) is 19.1 Å². The molecule has 0 aliphatic carbocycles. The number of unbranched alkanes of at least 4 members (excludes halogenated alkanes) is 2. The third kappa shape index (κ3) is 8.64. The van der Waals surface area contributed by atoms with Gasteiger partial charge in [0, 0.05) is 0 Å². The first-order chi connectivity index (χ1) is 14.1. The van der Waals surface area contributed by atoms with Crippen LogP contribution in [0.2, 0.25) is 0 Å². The summed E-state index contributed by atoms with van der Waals surface area (Å²) in [6, 6.07) is 17.2. The van der Waals surface area contributed by atoms with E-state index in [2.05, 4.69) is 17.5 Å². The van der Waals surface area contributed by atoms with E-state index >= 15 is 0 Å². The van der Waals surface area contributed by atoms with Gasteiger partial charge >= 0.3 is 0 Å². The number of ether oxygens (including phenoxy) is 2. The number of hydrogen-bond donors (Lipinski definition) is 1. The van der Waals surface area contributed by atoms with Crippen molar-refractivity contribution in [3.05, 3.63) is 66.2 Å². The van der Waals surface area contributed by atoms with Gasteiger partial charge in [0.05, 0.1) is 12.3 Å². The van der Waals surface area contributed by atoms with Gasteiger partial charge in [-0.1, -0.05) is 56.2 Å². The Morgan fingerprint density at radius 1 is 1.07 bits per heavy atom. The van der Waals surface area contributed by atoms with Gasteiger partial charge in [-0.3, -0.25) is 4.79 Å². The molecule has 0 radical (unpaired) electrons. The summed E-state index contributed by atoms with van der Waals surface area (Å²) in [6.07, 6.45) is 6.51. The zero-order chi connectivity index (χ0) is 20.9. The minimum Gasteiger partial charge on any atom is -0.494 e. The summed E-state index contributed by atoms with van der Waals surface area (Å²) in [5, 5.41) is 4.10. The Hall–Kier alpha value is -3.08. The van der Waals surface area contributed by atoms with E-state index < -0.39 is 6.10 Å². The highest BCUT2D eigenvalue weighted by atomic mass is 16.5. The Labute approximate surface area is 173 Å². The lowest BCUT2D eigenvalue weighted by Gasteiger charge is -2.13. The number of nitrogens with one attached hydrogen (secondary N) is 1. The third-order valence-corrected chi connectivity index (χ3v) is 4.18. The standard InChI is InChI=1S/C24H30N2O3/c1-4-5-9-18-28-22-14-16-23(17-15-22)29-20(3)24(27)26-25-19(2)12-13-21-10-7-6-8-11-21/h6-8,10-17,20H,4-5,9,18H2,1-3H3,(H,26,27)/b13-12+,25-19-/t20-/m1/s1. The highest BCUT2D eigenvalue weighted by molar-refractivity contribution is 5.97. The lowest BCUT2D eigenvalue weighted by atomic mass is 10.2. The minimum absolute atomic E-state index is 0.308. The highest BCUT2D eigenvalue weighted by Gasteiger charge is 2.14. The molecule has 0 aromatic heterocycles. The van der Waals surface area contributed by atoms with E-state index in [1.165, 1.54) is 6.42 Å².